The van der Waals surface area contributed by atoms with E-state index in [0.717, 1.165) is 0 Å². The summed E-state index contributed by atoms with van der Waals surface area (Å²) in [6.07, 6.45) is 0. The highest BCUT2D eigenvalue weighted by molar-refractivity contribution is 5.92. The van der Waals surface area contributed by atoms with Crippen molar-refractivity contribution >= 4 is 11.9 Å². The maximum absolute atomic E-state index is 11.9. The predicted molar refractivity (Wildman–Crippen MR) is 82.7 cm³/mol. The van der Waals surface area contributed by atoms with E-state index in [1.54, 1.807) is 26.0 Å². The second kappa shape index (κ2) is 7.93. The number of carbonyl (C=O) groups is 2. The molecular weight excluding hydrogens is 298 g/mol. The second-order valence-corrected chi connectivity index (χ2v) is 4.43. The van der Waals surface area contributed by atoms with E-state index in [1.807, 2.05) is 18.2 Å². The fourth-order valence-corrected chi connectivity index (χ4v) is 1.81. The highest BCUT2D eigenvalue weighted by Crippen LogP contribution is 2.23. The minimum Gasteiger partial charge on any atom is -0.461 e. The number of carbonyl (C=O) groups excluding carboxylic acids is 2. The van der Waals surface area contributed by atoms with Crippen LogP contribution in [0.3, 0.4) is 0 Å². The lowest BCUT2D eigenvalue weighted by Gasteiger charge is -2.09. The summed E-state index contributed by atoms with van der Waals surface area (Å²) in [4.78, 5) is 27.8. The average Bonchev–Trinajstić information content (AvgIpc) is 2.56. The molecule has 120 valence electrons. The van der Waals surface area contributed by atoms with Gasteiger partial charge >= 0.3 is 11.9 Å². The molecule has 0 bridgehead atoms. The van der Waals surface area contributed by atoms with Crippen molar-refractivity contribution in [1.82, 2.24) is 4.98 Å². The summed E-state index contributed by atoms with van der Waals surface area (Å²) in [6.45, 7) is 3.79. The molecule has 1 aromatic heterocycles. The van der Waals surface area contributed by atoms with E-state index in [1.165, 1.54) is 12.1 Å². The molecule has 2 rings (SSSR count). The molecule has 0 spiro atoms. The summed E-state index contributed by atoms with van der Waals surface area (Å²) in [7, 11) is 0. The number of aromatic nitrogens is 1. The van der Waals surface area contributed by atoms with Crippen LogP contribution in [0.25, 0.3) is 0 Å². The Labute approximate surface area is 134 Å². The molecule has 0 N–H and O–H groups in total. The molecule has 0 amide bonds. The molecule has 6 heteroatoms. The van der Waals surface area contributed by atoms with Crippen molar-refractivity contribution in [2.24, 2.45) is 0 Å². The molecule has 1 heterocycles. The number of hydrogen-bond acceptors (Lipinski definition) is 6. The highest BCUT2D eigenvalue weighted by Gasteiger charge is 2.17. The van der Waals surface area contributed by atoms with Crippen LogP contribution >= 0.6 is 0 Å². The lowest BCUT2D eigenvalue weighted by molar-refractivity contribution is 0.0510. The normalized spacial score (nSPS) is 10.0. The monoisotopic (exact) mass is 315 g/mol. The molecule has 0 atom stereocenters. The van der Waals surface area contributed by atoms with Gasteiger partial charge in [0.1, 0.15) is 11.5 Å². The molecule has 0 fully saturated rings. The molecule has 23 heavy (non-hydrogen) atoms. The summed E-state index contributed by atoms with van der Waals surface area (Å²) in [6, 6.07) is 11.8. The van der Waals surface area contributed by atoms with Gasteiger partial charge in [0.05, 0.1) is 13.2 Å². The first kappa shape index (κ1) is 16.5. The zero-order valence-electron chi connectivity index (χ0n) is 12.9. The highest BCUT2D eigenvalue weighted by atomic mass is 16.5. The van der Waals surface area contributed by atoms with Crippen LogP contribution in [0, 0.1) is 0 Å². The zero-order chi connectivity index (χ0) is 16.7. The predicted octanol–water partition coefficient (Wildman–Crippen LogP) is 3.23. The number of ether oxygens (including phenoxy) is 3. The van der Waals surface area contributed by atoms with Gasteiger partial charge in [-0.05, 0) is 26.0 Å². The number of rotatable bonds is 6. The van der Waals surface area contributed by atoms with Gasteiger partial charge in [-0.2, -0.15) is 0 Å². The van der Waals surface area contributed by atoms with Crippen LogP contribution in [0.2, 0.25) is 0 Å². The smallest absolute Gasteiger partial charge is 0.357 e. The fraction of sp³-hybridized carbons (Fsp3) is 0.235. The Bertz CT molecular complexity index is 648. The number of pyridine rings is 1. The number of hydrogen-bond donors (Lipinski definition) is 0. The topological polar surface area (TPSA) is 74.7 Å². The minimum absolute atomic E-state index is 0.0108. The first-order chi connectivity index (χ1) is 11.1. The Balaban J connectivity index is 2.36. The summed E-state index contributed by atoms with van der Waals surface area (Å²) < 4.78 is 15.5. The number of esters is 2. The van der Waals surface area contributed by atoms with Gasteiger partial charge in [-0.15, -0.1) is 0 Å². The zero-order valence-corrected chi connectivity index (χ0v) is 12.9. The third-order valence-corrected chi connectivity index (χ3v) is 2.75. The second-order valence-electron chi connectivity index (χ2n) is 4.43. The Morgan fingerprint density at radius 1 is 0.870 bits per heavy atom. The van der Waals surface area contributed by atoms with Gasteiger partial charge in [0, 0.05) is 12.1 Å². The van der Waals surface area contributed by atoms with Crippen molar-refractivity contribution in [2.45, 2.75) is 13.8 Å². The minimum atomic E-state index is -0.628. The van der Waals surface area contributed by atoms with E-state index < -0.39 is 11.9 Å². The SMILES string of the molecule is CCOC(=O)c1cc(Oc2ccccc2)cc(C(=O)OCC)n1. The third-order valence-electron chi connectivity index (χ3n) is 2.75. The quantitative estimate of drug-likeness (QED) is 0.762. The molecule has 6 nitrogen and oxygen atoms in total. The molecule has 0 aliphatic rings. The lowest BCUT2D eigenvalue weighted by Crippen LogP contribution is -2.13. The molecule has 0 radical (unpaired) electrons. The Morgan fingerprint density at radius 3 is 1.87 bits per heavy atom. The molecule has 0 saturated carbocycles. The van der Waals surface area contributed by atoms with Crippen LogP contribution in [0.15, 0.2) is 42.5 Å². The molecule has 0 saturated heterocycles. The van der Waals surface area contributed by atoms with E-state index in [9.17, 15) is 9.59 Å². The number of nitrogens with zero attached hydrogens (tertiary/aromatic N) is 1. The van der Waals surface area contributed by atoms with Crippen molar-refractivity contribution in [1.29, 1.82) is 0 Å². The summed E-state index contributed by atoms with van der Waals surface area (Å²) in [5.41, 5.74) is -0.0216. The van der Waals surface area contributed by atoms with Gasteiger partial charge in [-0.25, -0.2) is 14.6 Å². The van der Waals surface area contributed by atoms with Crippen LogP contribution in [0.4, 0.5) is 0 Å². The molecule has 0 aliphatic heterocycles. The summed E-state index contributed by atoms with van der Waals surface area (Å²) >= 11 is 0. The van der Waals surface area contributed by atoms with E-state index in [0.29, 0.717) is 11.5 Å². The Kier molecular flexibility index (Phi) is 5.68. The van der Waals surface area contributed by atoms with E-state index in [-0.39, 0.29) is 24.6 Å². The van der Waals surface area contributed by atoms with Gasteiger partial charge in [-0.1, -0.05) is 18.2 Å². The van der Waals surface area contributed by atoms with Crippen LogP contribution in [-0.4, -0.2) is 30.1 Å². The first-order valence-corrected chi connectivity index (χ1v) is 7.23. The van der Waals surface area contributed by atoms with Gasteiger partial charge in [0.2, 0.25) is 0 Å². The van der Waals surface area contributed by atoms with E-state index in [2.05, 4.69) is 4.98 Å². The van der Waals surface area contributed by atoms with Crippen molar-refractivity contribution < 1.29 is 23.8 Å². The van der Waals surface area contributed by atoms with Crippen molar-refractivity contribution in [3.63, 3.8) is 0 Å². The van der Waals surface area contributed by atoms with Gasteiger partial charge in [-0.3, -0.25) is 0 Å². The van der Waals surface area contributed by atoms with Crippen LogP contribution in [0.1, 0.15) is 34.8 Å². The lowest BCUT2D eigenvalue weighted by atomic mass is 10.2. The summed E-state index contributed by atoms with van der Waals surface area (Å²) in [5.74, 6) is -0.381. The van der Waals surface area contributed by atoms with Crippen LogP contribution in [0.5, 0.6) is 11.5 Å². The standard InChI is InChI=1S/C17H17NO5/c1-3-21-16(19)14-10-13(23-12-8-6-5-7-9-12)11-15(18-14)17(20)22-4-2/h5-11H,3-4H2,1-2H3. The average molecular weight is 315 g/mol. The maximum atomic E-state index is 11.9. The van der Waals surface area contributed by atoms with Gasteiger partial charge in [0.25, 0.3) is 0 Å². The third kappa shape index (κ3) is 4.54. The molecular formula is C17H17NO5. The van der Waals surface area contributed by atoms with Crippen LogP contribution < -0.4 is 4.74 Å². The maximum Gasteiger partial charge on any atom is 0.357 e. The molecule has 1 aromatic carbocycles. The van der Waals surface area contributed by atoms with Gasteiger partial charge in [0.15, 0.2) is 11.4 Å². The van der Waals surface area contributed by atoms with Crippen LogP contribution in [-0.2, 0) is 9.47 Å². The fourth-order valence-electron chi connectivity index (χ4n) is 1.81. The number of para-hydroxylation sites is 1. The molecule has 0 aliphatic carbocycles. The molecule has 2 aromatic rings. The summed E-state index contributed by atoms with van der Waals surface area (Å²) in [5, 5.41) is 0. The number of benzene rings is 1. The Hall–Kier alpha value is -2.89. The van der Waals surface area contributed by atoms with Crippen molar-refractivity contribution in [3.8, 4) is 11.5 Å². The van der Waals surface area contributed by atoms with E-state index >= 15 is 0 Å². The molecule has 0 unspecified atom stereocenters. The van der Waals surface area contributed by atoms with Gasteiger partial charge < -0.3 is 14.2 Å². The van der Waals surface area contributed by atoms with E-state index in [4.69, 9.17) is 14.2 Å². The first-order valence-electron chi connectivity index (χ1n) is 7.23. The largest absolute Gasteiger partial charge is 0.461 e. The van der Waals surface area contributed by atoms with Crippen molar-refractivity contribution in [3.05, 3.63) is 53.9 Å². The Morgan fingerprint density at radius 2 is 1.39 bits per heavy atom. The van der Waals surface area contributed by atoms with Crippen molar-refractivity contribution in [2.75, 3.05) is 13.2 Å².